The van der Waals surface area contributed by atoms with E-state index in [-0.39, 0.29) is 5.97 Å². The third kappa shape index (κ3) is 9.07. The number of rotatable bonds is 10. The van der Waals surface area contributed by atoms with Crippen molar-refractivity contribution in [3.8, 4) is 0 Å². The lowest BCUT2D eigenvalue weighted by Crippen LogP contribution is -2.16. The number of esters is 1. The van der Waals surface area contributed by atoms with Gasteiger partial charge in [-0.2, -0.15) is 0 Å². The van der Waals surface area contributed by atoms with Crippen LogP contribution in [0.4, 0.5) is 0 Å². The van der Waals surface area contributed by atoms with Crippen molar-refractivity contribution in [2.24, 2.45) is 5.92 Å². The molecule has 0 amide bonds. The number of hydrogen-bond donors (Lipinski definition) is 0. The monoisotopic (exact) mass is 268 g/mol. The van der Waals surface area contributed by atoms with Crippen LogP contribution in [0.1, 0.15) is 90.4 Å². The van der Waals surface area contributed by atoms with Crippen LogP contribution in [-0.2, 0) is 9.53 Å². The Bertz CT molecular complexity index is 219. The van der Waals surface area contributed by atoms with E-state index in [1.165, 1.54) is 70.6 Å². The van der Waals surface area contributed by atoms with Crippen molar-refractivity contribution in [3.05, 3.63) is 0 Å². The second-order valence-electron chi connectivity index (χ2n) is 6.06. The maximum atomic E-state index is 11.6. The van der Waals surface area contributed by atoms with Crippen molar-refractivity contribution in [3.63, 3.8) is 0 Å². The number of hydrogen-bond acceptors (Lipinski definition) is 2. The number of unbranched alkanes of at least 4 members (excludes halogenated alkanes) is 6. The van der Waals surface area contributed by atoms with Crippen molar-refractivity contribution in [1.82, 2.24) is 0 Å². The highest BCUT2D eigenvalue weighted by atomic mass is 16.5. The molecule has 2 nitrogen and oxygen atoms in total. The Kier molecular flexibility index (Phi) is 9.84. The maximum Gasteiger partial charge on any atom is 0.305 e. The van der Waals surface area contributed by atoms with E-state index in [9.17, 15) is 4.79 Å². The van der Waals surface area contributed by atoms with Gasteiger partial charge in [0.15, 0.2) is 0 Å². The van der Waals surface area contributed by atoms with E-state index in [2.05, 4.69) is 6.92 Å². The zero-order chi connectivity index (χ0) is 13.8. The molecule has 0 spiro atoms. The second kappa shape index (κ2) is 11.3. The molecule has 0 radical (unpaired) electrons. The summed E-state index contributed by atoms with van der Waals surface area (Å²) in [4.78, 5) is 11.6. The zero-order valence-corrected chi connectivity index (χ0v) is 12.8. The van der Waals surface area contributed by atoms with Crippen LogP contribution in [0.15, 0.2) is 0 Å². The molecule has 0 bridgehead atoms. The molecule has 0 unspecified atom stereocenters. The van der Waals surface area contributed by atoms with Gasteiger partial charge in [-0.1, -0.05) is 64.7 Å². The van der Waals surface area contributed by atoms with Gasteiger partial charge in [0.05, 0.1) is 6.61 Å². The summed E-state index contributed by atoms with van der Waals surface area (Å²) in [6, 6.07) is 0. The third-order valence-corrected chi connectivity index (χ3v) is 4.19. The largest absolute Gasteiger partial charge is 0.465 e. The lowest BCUT2D eigenvalue weighted by Gasteiger charge is -2.20. The number of carbonyl (C=O) groups excluding carboxylic acids is 1. The average Bonchev–Trinajstić information content (AvgIpc) is 2.45. The highest BCUT2D eigenvalue weighted by Crippen LogP contribution is 2.23. The molecule has 1 rings (SSSR count). The highest BCUT2D eigenvalue weighted by molar-refractivity contribution is 5.69. The molecule has 0 atom stereocenters. The van der Waals surface area contributed by atoms with E-state index in [1.54, 1.807) is 0 Å². The van der Waals surface area contributed by atoms with Gasteiger partial charge < -0.3 is 4.74 Å². The topological polar surface area (TPSA) is 26.3 Å². The molecule has 0 aromatic rings. The van der Waals surface area contributed by atoms with Crippen molar-refractivity contribution in [2.45, 2.75) is 90.4 Å². The van der Waals surface area contributed by atoms with Gasteiger partial charge in [-0.3, -0.25) is 4.79 Å². The van der Waals surface area contributed by atoms with Crippen LogP contribution in [0.2, 0.25) is 0 Å². The Morgan fingerprint density at radius 1 is 0.947 bits per heavy atom. The van der Waals surface area contributed by atoms with Gasteiger partial charge in [-0.05, 0) is 25.2 Å². The molecule has 1 aliphatic carbocycles. The first-order valence-electron chi connectivity index (χ1n) is 8.48. The molecule has 1 saturated carbocycles. The molecule has 1 fully saturated rings. The van der Waals surface area contributed by atoms with Gasteiger partial charge in [-0.25, -0.2) is 0 Å². The molecule has 1 aliphatic rings. The van der Waals surface area contributed by atoms with Crippen LogP contribution in [0, 0.1) is 5.92 Å². The van der Waals surface area contributed by atoms with Gasteiger partial charge in [0.1, 0.15) is 0 Å². The van der Waals surface area contributed by atoms with E-state index in [4.69, 9.17) is 4.74 Å². The minimum Gasteiger partial charge on any atom is -0.465 e. The highest BCUT2D eigenvalue weighted by Gasteiger charge is 2.15. The van der Waals surface area contributed by atoms with Crippen LogP contribution in [-0.4, -0.2) is 12.6 Å². The third-order valence-electron chi connectivity index (χ3n) is 4.19. The van der Waals surface area contributed by atoms with E-state index in [0.717, 1.165) is 6.42 Å². The molecule has 19 heavy (non-hydrogen) atoms. The van der Waals surface area contributed by atoms with Crippen LogP contribution in [0.3, 0.4) is 0 Å². The molecule has 112 valence electrons. The molecule has 0 saturated heterocycles. The summed E-state index contributed by atoms with van der Waals surface area (Å²) in [6.45, 7) is 2.91. The molecule has 0 heterocycles. The van der Waals surface area contributed by atoms with Crippen LogP contribution in [0.5, 0.6) is 0 Å². The van der Waals surface area contributed by atoms with Gasteiger partial charge in [-0.15, -0.1) is 0 Å². The Morgan fingerprint density at radius 3 is 2.26 bits per heavy atom. The van der Waals surface area contributed by atoms with Crippen LogP contribution < -0.4 is 0 Å². The summed E-state index contributed by atoms with van der Waals surface area (Å²) >= 11 is 0. The molecule has 2 heteroatoms. The van der Waals surface area contributed by atoms with Crippen molar-refractivity contribution < 1.29 is 9.53 Å². The summed E-state index contributed by atoms with van der Waals surface area (Å²) < 4.78 is 5.39. The fourth-order valence-electron chi connectivity index (χ4n) is 2.86. The van der Waals surface area contributed by atoms with Crippen LogP contribution in [0.25, 0.3) is 0 Å². The van der Waals surface area contributed by atoms with E-state index in [0.29, 0.717) is 18.9 Å². The van der Waals surface area contributed by atoms with Gasteiger partial charge in [0, 0.05) is 6.42 Å². The lowest BCUT2D eigenvalue weighted by molar-refractivity contribution is -0.145. The first-order valence-corrected chi connectivity index (χ1v) is 8.48. The maximum absolute atomic E-state index is 11.6. The molecule has 0 aromatic carbocycles. The fraction of sp³-hybridized carbons (Fsp3) is 0.941. The second-order valence-corrected chi connectivity index (χ2v) is 6.06. The first-order chi connectivity index (χ1) is 9.33. The van der Waals surface area contributed by atoms with Gasteiger partial charge in [0.25, 0.3) is 0 Å². The fourth-order valence-corrected chi connectivity index (χ4v) is 2.86. The first kappa shape index (κ1) is 16.5. The average molecular weight is 268 g/mol. The predicted molar refractivity (Wildman–Crippen MR) is 80.1 cm³/mol. The Labute approximate surface area is 119 Å². The Morgan fingerprint density at radius 2 is 1.58 bits per heavy atom. The quantitative estimate of drug-likeness (QED) is 0.399. The predicted octanol–water partition coefficient (Wildman–Crippen LogP) is 5.25. The minimum atomic E-state index is 0.0270. The summed E-state index contributed by atoms with van der Waals surface area (Å²) in [6.07, 6.45) is 15.9. The summed E-state index contributed by atoms with van der Waals surface area (Å²) in [5, 5.41) is 0. The van der Waals surface area contributed by atoms with Crippen molar-refractivity contribution >= 4 is 5.97 Å². The molecule has 0 aliphatic heterocycles. The van der Waals surface area contributed by atoms with Crippen molar-refractivity contribution in [2.75, 3.05) is 6.61 Å². The zero-order valence-electron chi connectivity index (χ0n) is 12.8. The minimum absolute atomic E-state index is 0.0270. The van der Waals surface area contributed by atoms with Crippen molar-refractivity contribution in [1.29, 1.82) is 0 Å². The van der Waals surface area contributed by atoms with Gasteiger partial charge >= 0.3 is 5.97 Å². The van der Waals surface area contributed by atoms with Gasteiger partial charge in [0.2, 0.25) is 0 Å². The van der Waals surface area contributed by atoms with E-state index < -0.39 is 0 Å². The smallest absolute Gasteiger partial charge is 0.305 e. The standard InChI is InChI=1S/C17H32O2/c1-2-3-4-5-6-7-11-14-17(18)19-15-16-12-9-8-10-13-16/h16H,2-15H2,1H3. The SMILES string of the molecule is CCCCCCCCCC(=O)OCC1CCCCC1. The molecule has 0 N–H and O–H groups in total. The normalized spacial score (nSPS) is 16.5. The molecular formula is C17H32O2. The summed E-state index contributed by atoms with van der Waals surface area (Å²) in [5.41, 5.74) is 0. The Hall–Kier alpha value is -0.530. The van der Waals surface area contributed by atoms with E-state index in [1.807, 2.05) is 0 Å². The molecule has 0 aromatic heterocycles. The Balaban J connectivity index is 1.87. The number of carbonyl (C=O) groups is 1. The van der Waals surface area contributed by atoms with E-state index >= 15 is 0 Å². The number of ether oxygens (including phenoxy) is 1. The molecular weight excluding hydrogens is 236 g/mol. The summed E-state index contributed by atoms with van der Waals surface area (Å²) in [5.74, 6) is 0.672. The summed E-state index contributed by atoms with van der Waals surface area (Å²) in [7, 11) is 0. The lowest BCUT2D eigenvalue weighted by atomic mass is 9.90. The van der Waals surface area contributed by atoms with Crippen LogP contribution >= 0.6 is 0 Å².